The molecular formula is C8H4BrFN2O. The van der Waals surface area contributed by atoms with E-state index in [1.165, 1.54) is 12.1 Å². The molecule has 0 spiro atoms. The van der Waals surface area contributed by atoms with Gasteiger partial charge in [0.15, 0.2) is 0 Å². The van der Waals surface area contributed by atoms with Crippen molar-refractivity contribution in [1.29, 1.82) is 0 Å². The predicted octanol–water partition coefficient (Wildman–Crippen LogP) is 2.64. The zero-order chi connectivity index (χ0) is 9.26. The second-order valence-electron chi connectivity index (χ2n) is 2.38. The maximum absolute atomic E-state index is 12.5. The van der Waals surface area contributed by atoms with Gasteiger partial charge in [0.25, 0.3) is 4.80 Å². The lowest BCUT2D eigenvalue weighted by Gasteiger charge is -1.91. The van der Waals surface area contributed by atoms with Gasteiger partial charge >= 0.3 is 0 Å². The predicted molar refractivity (Wildman–Crippen MR) is 47.4 cm³/mol. The Hall–Kier alpha value is -1.23. The van der Waals surface area contributed by atoms with E-state index >= 15 is 0 Å². The molecule has 0 radical (unpaired) electrons. The van der Waals surface area contributed by atoms with Gasteiger partial charge in [-0.05, 0) is 24.3 Å². The summed E-state index contributed by atoms with van der Waals surface area (Å²) in [4.78, 5) is 4.24. The Morgan fingerprint density at radius 3 is 2.46 bits per heavy atom. The average molecular weight is 243 g/mol. The Kier molecular flexibility index (Phi) is 2.10. The van der Waals surface area contributed by atoms with E-state index in [-0.39, 0.29) is 5.82 Å². The van der Waals surface area contributed by atoms with E-state index in [1.807, 2.05) is 0 Å². The summed E-state index contributed by atoms with van der Waals surface area (Å²) in [5.41, 5.74) is 0.718. The zero-order valence-electron chi connectivity index (χ0n) is 6.37. The molecule has 0 saturated heterocycles. The summed E-state index contributed by atoms with van der Waals surface area (Å²) < 4.78 is 17.2. The maximum Gasteiger partial charge on any atom is 0.294 e. The van der Waals surface area contributed by atoms with E-state index in [2.05, 4.69) is 26.1 Å². The van der Waals surface area contributed by atoms with Crippen molar-refractivity contribution >= 4 is 15.9 Å². The molecule has 0 atom stereocenters. The number of hydrogen-bond donors (Lipinski definition) is 0. The summed E-state index contributed by atoms with van der Waals surface area (Å²) in [6, 6.07) is 5.87. The van der Waals surface area contributed by atoms with Crippen LogP contribution in [0, 0.1) is 5.82 Å². The Bertz CT molecular complexity index is 412. The first-order valence-corrected chi connectivity index (χ1v) is 4.30. The Morgan fingerprint density at radius 1 is 1.23 bits per heavy atom. The highest BCUT2D eigenvalue weighted by molar-refractivity contribution is 9.10. The number of benzene rings is 1. The van der Waals surface area contributed by atoms with Crippen LogP contribution in [-0.4, -0.2) is 10.1 Å². The van der Waals surface area contributed by atoms with Crippen molar-refractivity contribution in [1.82, 2.24) is 10.1 Å². The molecule has 1 aromatic carbocycles. The fourth-order valence-electron chi connectivity index (χ4n) is 0.921. The third-order valence-electron chi connectivity index (χ3n) is 1.50. The summed E-state index contributed by atoms with van der Waals surface area (Å²) in [5, 5.41) is 3.66. The van der Waals surface area contributed by atoms with Gasteiger partial charge in [-0.15, -0.1) is 0 Å². The molecule has 0 unspecified atom stereocenters. The average Bonchev–Trinajstić information content (AvgIpc) is 2.53. The van der Waals surface area contributed by atoms with E-state index in [4.69, 9.17) is 4.52 Å². The van der Waals surface area contributed by atoms with Crippen molar-refractivity contribution in [3.05, 3.63) is 34.9 Å². The SMILES string of the molecule is Fc1ccc(-c2noc(Br)n2)cc1. The van der Waals surface area contributed by atoms with Crippen molar-refractivity contribution in [2.75, 3.05) is 0 Å². The smallest absolute Gasteiger partial charge is 0.294 e. The van der Waals surface area contributed by atoms with Gasteiger partial charge in [-0.1, -0.05) is 5.16 Å². The largest absolute Gasteiger partial charge is 0.326 e. The van der Waals surface area contributed by atoms with Crippen LogP contribution in [-0.2, 0) is 0 Å². The monoisotopic (exact) mass is 242 g/mol. The van der Waals surface area contributed by atoms with Gasteiger partial charge in [0.1, 0.15) is 5.82 Å². The van der Waals surface area contributed by atoms with Gasteiger partial charge in [-0.3, -0.25) is 0 Å². The molecular weight excluding hydrogens is 239 g/mol. The molecule has 2 rings (SSSR count). The summed E-state index contributed by atoms with van der Waals surface area (Å²) >= 11 is 3.03. The quantitative estimate of drug-likeness (QED) is 0.772. The molecule has 66 valence electrons. The van der Waals surface area contributed by atoms with Gasteiger partial charge in [0.05, 0.1) is 0 Å². The minimum atomic E-state index is -0.286. The van der Waals surface area contributed by atoms with Crippen molar-refractivity contribution in [2.24, 2.45) is 0 Å². The summed E-state index contributed by atoms with van der Waals surface area (Å²) in [6.07, 6.45) is 0. The van der Waals surface area contributed by atoms with Crippen molar-refractivity contribution in [2.45, 2.75) is 0 Å². The molecule has 2 aromatic rings. The maximum atomic E-state index is 12.5. The molecule has 5 heteroatoms. The number of rotatable bonds is 1. The first-order chi connectivity index (χ1) is 6.25. The van der Waals surface area contributed by atoms with Crippen LogP contribution in [0.5, 0.6) is 0 Å². The zero-order valence-corrected chi connectivity index (χ0v) is 7.95. The Balaban J connectivity index is 2.41. The topological polar surface area (TPSA) is 38.9 Å². The highest BCUT2D eigenvalue weighted by Gasteiger charge is 2.05. The van der Waals surface area contributed by atoms with Crippen molar-refractivity contribution in [3.63, 3.8) is 0 Å². The van der Waals surface area contributed by atoms with Gasteiger partial charge in [0, 0.05) is 21.5 Å². The molecule has 0 bridgehead atoms. The highest BCUT2D eigenvalue weighted by Crippen LogP contribution is 2.17. The molecule has 0 N–H and O–H groups in total. The van der Waals surface area contributed by atoms with Crippen molar-refractivity contribution < 1.29 is 8.91 Å². The lowest BCUT2D eigenvalue weighted by molar-refractivity contribution is 0.397. The molecule has 1 aromatic heterocycles. The lowest BCUT2D eigenvalue weighted by Crippen LogP contribution is -1.80. The van der Waals surface area contributed by atoms with Crippen LogP contribution in [0.15, 0.2) is 33.6 Å². The van der Waals surface area contributed by atoms with Crippen LogP contribution >= 0.6 is 15.9 Å². The Morgan fingerprint density at radius 2 is 1.92 bits per heavy atom. The molecule has 0 aliphatic heterocycles. The number of hydrogen-bond acceptors (Lipinski definition) is 3. The lowest BCUT2D eigenvalue weighted by atomic mass is 10.2. The van der Waals surface area contributed by atoms with Crippen LogP contribution in [0.1, 0.15) is 0 Å². The molecule has 1 heterocycles. The van der Waals surface area contributed by atoms with Crippen molar-refractivity contribution in [3.8, 4) is 11.4 Å². The second-order valence-corrected chi connectivity index (χ2v) is 3.06. The highest BCUT2D eigenvalue weighted by atomic mass is 79.9. The van der Waals surface area contributed by atoms with E-state index < -0.39 is 0 Å². The molecule has 0 fully saturated rings. The first-order valence-electron chi connectivity index (χ1n) is 3.51. The summed E-state index contributed by atoms with van der Waals surface area (Å²) in [7, 11) is 0. The minimum Gasteiger partial charge on any atom is -0.326 e. The van der Waals surface area contributed by atoms with Crippen LogP contribution < -0.4 is 0 Å². The second kappa shape index (κ2) is 3.26. The third kappa shape index (κ3) is 1.75. The van der Waals surface area contributed by atoms with E-state index in [0.29, 0.717) is 10.6 Å². The molecule has 0 amide bonds. The normalized spacial score (nSPS) is 10.3. The summed E-state index contributed by atoms with van der Waals surface area (Å²) in [5.74, 6) is 0.151. The van der Waals surface area contributed by atoms with E-state index in [0.717, 1.165) is 5.56 Å². The molecule has 13 heavy (non-hydrogen) atoms. The van der Waals surface area contributed by atoms with Gasteiger partial charge in [-0.2, -0.15) is 4.98 Å². The number of nitrogens with zero attached hydrogens (tertiary/aromatic N) is 2. The van der Waals surface area contributed by atoms with Gasteiger partial charge in [0.2, 0.25) is 5.82 Å². The van der Waals surface area contributed by atoms with Crippen LogP contribution in [0.2, 0.25) is 0 Å². The summed E-state index contributed by atoms with van der Waals surface area (Å²) in [6.45, 7) is 0. The fraction of sp³-hybridized carbons (Fsp3) is 0. The molecule has 3 nitrogen and oxygen atoms in total. The number of halogens is 2. The molecule has 0 saturated carbocycles. The van der Waals surface area contributed by atoms with Crippen LogP contribution in [0.3, 0.4) is 0 Å². The standard InChI is InChI=1S/C8H4BrFN2O/c9-8-11-7(12-13-8)5-1-3-6(10)4-2-5/h1-4H. The fourth-order valence-corrected chi connectivity index (χ4v) is 1.16. The van der Waals surface area contributed by atoms with Crippen LogP contribution in [0.25, 0.3) is 11.4 Å². The Labute approximate surface area is 81.7 Å². The van der Waals surface area contributed by atoms with E-state index in [9.17, 15) is 4.39 Å². The third-order valence-corrected chi connectivity index (χ3v) is 1.83. The van der Waals surface area contributed by atoms with E-state index in [1.54, 1.807) is 12.1 Å². The minimum absolute atomic E-state index is 0.286. The van der Waals surface area contributed by atoms with Crippen LogP contribution in [0.4, 0.5) is 4.39 Å². The molecule has 0 aliphatic carbocycles. The first kappa shape index (κ1) is 8.37. The van der Waals surface area contributed by atoms with Gasteiger partial charge in [-0.25, -0.2) is 4.39 Å². The van der Waals surface area contributed by atoms with Gasteiger partial charge < -0.3 is 4.52 Å². The number of aromatic nitrogens is 2. The molecule has 0 aliphatic rings.